The number of benzene rings is 1. The Kier molecular flexibility index (Phi) is 5.45. The average Bonchev–Trinajstić information content (AvgIpc) is 3.37. The Morgan fingerprint density at radius 1 is 1.34 bits per heavy atom. The summed E-state index contributed by atoms with van der Waals surface area (Å²) in [5, 5.41) is 9.73. The second-order valence-corrected chi connectivity index (χ2v) is 8.70. The minimum atomic E-state index is -0.121. The van der Waals surface area contributed by atoms with Gasteiger partial charge in [0.2, 0.25) is 11.7 Å². The molecule has 0 saturated carbocycles. The highest BCUT2D eigenvalue weighted by atomic mass is 32.2. The maximum Gasteiger partial charge on any atom is 0.263 e. The summed E-state index contributed by atoms with van der Waals surface area (Å²) >= 11 is 1.37. The van der Waals surface area contributed by atoms with E-state index in [4.69, 9.17) is 0 Å². The summed E-state index contributed by atoms with van der Waals surface area (Å²) in [6.07, 6.45) is 2.74. The second kappa shape index (κ2) is 8.02. The number of carbonyl (C=O) groups excluding carboxylic acids is 1. The van der Waals surface area contributed by atoms with Gasteiger partial charge in [-0.05, 0) is 30.4 Å². The van der Waals surface area contributed by atoms with Crippen LogP contribution in [0.2, 0.25) is 0 Å². The molecule has 3 aromatic rings. The predicted molar refractivity (Wildman–Crippen MR) is 115 cm³/mol. The number of fused-ring (bicyclic) bond motifs is 3. The van der Waals surface area contributed by atoms with Crippen LogP contribution in [0.25, 0.3) is 16.7 Å². The number of hydrogen-bond acceptors (Lipinski definition) is 5. The summed E-state index contributed by atoms with van der Waals surface area (Å²) in [5.41, 5.74) is 0.624. The van der Waals surface area contributed by atoms with Crippen molar-refractivity contribution in [3.63, 3.8) is 0 Å². The highest BCUT2D eigenvalue weighted by molar-refractivity contribution is 7.99. The van der Waals surface area contributed by atoms with E-state index in [1.165, 1.54) is 11.8 Å². The number of nitrogens with zero attached hydrogens (tertiary/aromatic N) is 5. The normalized spacial score (nSPS) is 16.9. The van der Waals surface area contributed by atoms with Crippen molar-refractivity contribution in [3.05, 3.63) is 47.3 Å². The Morgan fingerprint density at radius 3 is 2.86 bits per heavy atom. The lowest BCUT2D eigenvalue weighted by Gasteiger charge is -2.17. The Hall–Kier alpha value is -2.61. The predicted octanol–water partition coefficient (Wildman–Crippen LogP) is 2.83. The van der Waals surface area contributed by atoms with Gasteiger partial charge in [-0.3, -0.25) is 18.6 Å². The van der Waals surface area contributed by atoms with Crippen LogP contribution >= 0.6 is 11.8 Å². The number of aromatic nitrogens is 4. The van der Waals surface area contributed by atoms with Gasteiger partial charge in [0.05, 0.1) is 16.7 Å². The molecule has 0 N–H and O–H groups in total. The summed E-state index contributed by atoms with van der Waals surface area (Å²) < 4.78 is 3.42. The van der Waals surface area contributed by atoms with Crippen LogP contribution in [-0.4, -0.2) is 48.8 Å². The molecule has 1 amide bonds. The van der Waals surface area contributed by atoms with Crippen LogP contribution in [0.3, 0.4) is 0 Å². The number of carbonyl (C=O) groups is 1. The first-order valence-electron chi connectivity index (χ1n) is 9.89. The van der Waals surface area contributed by atoms with Gasteiger partial charge >= 0.3 is 0 Å². The highest BCUT2D eigenvalue weighted by Crippen LogP contribution is 2.26. The zero-order valence-electron chi connectivity index (χ0n) is 16.7. The van der Waals surface area contributed by atoms with Gasteiger partial charge in [0.1, 0.15) is 0 Å². The van der Waals surface area contributed by atoms with E-state index >= 15 is 0 Å². The fraction of sp³-hybridized carbons (Fsp3) is 0.429. The van der Waals surface area contributed by atoms with Gasteiger partial charge in [-0.15, -0.1) is 16.8 Å². The summed E-state index contributed by atoms with van der Waals surface area (Å²) in [6, 6.07) is 7.40. The molecule has 1 saturated heterocycles. The van der Waals surface area contributed by atoms with E-state index in [0.717, 1.165) is 25.0 Å². The molecular weight excluding hydrogens is 386 g/mol. The molecule has 29 heavy (non-hydrogen) atoms. The van der Waals surface area contributed by atoms with Crippen molar-refractivity contribution in [2.75, 3.05) is 18.8 Å². The Balaban J connectivity index is 1.64. The molecule has 0 bridgehead atoms. The van der Waals surface area contributed by atoms with Crippen LogP contribution in [0.4, 0.5) is 0 Å². The molecule has 2 aromatic heterocycles. The summed E-state index contributed by atoms with van der Waals surface area (Å²) in [4.78, 5) is 27.5. The van der Waals surface area contributed by atoms with E-state index in [-0.39, 0.29) is 11.5 Å². The van der Waals surface area contributed by atoms with Gasteiger partial charge in [-0.2, -0.15) is 0 Å². The molecule has 7 nitrogen and oxygen atoms in total. The molecule has 1 fully saturated rings. The third-order valence-corrected chi connectivity index (χ3v) is 6.55. The van der Waals surface area contributed by atoms with Crippen molar-refractivity contribution >= 4 is 34.3 Å². The van der Waals surface area contributed by atoms with E-state index < -0.39 is 0 Å². The molecule has 0 spiro atoms. The maximum atomic E-state index is 12.8. The fourth-order valence-electron chi connectivity index (χ4n) is 3.90. The minimum absolute atomic E-state index is 0.121. The summed E-state index contributed by atoms with van der Waals surface area (Å²) in [5.74, 6) is 2.06. The number of rotatable bonds is 6. The molecule has 152 valence electrons. The molecule has 8 heteroatoms. The SMILES string of the molecule is C=CCn1c(=O)c2ccccc2n2c(SCC(=O)N3CCC(C(C)C)C3)nnc12. The lowest BCUT2D eigenvalue weighted by atomic mass is 9.95. The molecule has 0 aliphatic carbocycles. The molecule has 1 unspecified atom stereocenters. The first-order valence-corrected chi connectivity index (χ1v) is 10.9. The number of likely N-dealkylation sites (tertiary alicyclic amines) is 1. The molecule has 4 rings (SSSR count). The van der Waals surface area contributed by atoms with Crippen LogP contribution in [0, 0.1) is 11.8 Å². The monoisotopic (exact) mass is 411 g/mol. The van der Waals surface area contributed by atoms with Crippen LogP contribution in [0.15, 0.2) is 46.9 Å². The van der Waals surface area contributed by atoms with E-state index in [0.29, 0.717) is 40.5 Å². The van der Waals surface area contributed by atoms with Crippen molar-refractivity contribution in [3.8, 4) is 0 Å². The summed E-state index contributed by atoms with van der Waals surface area (Å²) in [7, 11) is 0. The van der Waals surface area contributed by atoms with Crippen molar-refractivity contribution in [2.24, 2.45) is 11.8 Å². The molecule has 1 atom stereocenters. The number of para-hydroxylation sites is 1. The number of allylic oxidation sites excluding steroid dienone is 1. The third kappa shape index (κ3) is 3.57. The van der Waals surface area contributed by atoms with Crippen molar-refractivity contribution in [1.82, 2.24) is 24.1 Å². The molecule has 0 radical (unpaired) electrons. The van der Waals surface area contributed by atoms with E-state index in [1.54, 1.807) is 16.7 Å². The van der Waals surface area contributed by atoms with Crippen LogP contribution in [0.1, 0.15) is 20.3 Å². The fourth-order valence-corrected chi connectivity index (χ4v) is 4.74. The first kappa shape index (κ1) is 19.7. The van der Waals surface area contributed by atoms with Crippen molar-refractivity contribution < 1.29 is 4.79 Å². The molecule has 1 aromatic carbocycles. The number of thioether (sulfide) groups is 1. The Labute approximate surface area is 173 Å². The topological polar surface area (TPSA) is 72.5 Å². The largest absolute Gasteiger partial charge is 0.342 e. The van der Waals surface area contributed by atoms with E-state index in [1.807, 2.05) is 27.5 Å². The van der Waals surface area contributed by atoms with Gasteiger partial charge in [0, 0.05) is 19.6 Å². The lowest BCUT2D eigenvalue weighted by molar-refractivity contribution is -0.127. The Bertz CT molecular complexity index is 1130. The molecule has 1 aliphatic heterocycles. The molecular formula is C21H25N5O2S. The first-order chi connectivity index (χ1) is 14.0. The molecule has 3 heterocycles. The van der Waals surface area contributed by atoms with E-state index in [2.05, 4.69) is 30.6 Å². The lowest BCUT2D eigenvalue weighted by Crippen LogP contribution is -2.30. The zero-order valence-corrected chi connectivity index (χ0v) is 17.6. The van der Waals surface area contributed by atoms with Crippen molar-refractivity contribution in [2.45, 2.75) is 32.0 Å². The number of amides is 1. The van der Waals surface area contributed by atoms with Gasteiger partial charge in [0.25, 0.3) is 5.56 Å². The van der Waals surface area contributed by atoms with Gasteiger partial charge in [0.15, 0.2) is 5.16 Å². The average molecular weight is 412 g/mol. The second-order valence-electron chi connectivity index (χ2n) is 7.76. The minimum Gasteiger partial charge on any atom is -0.342 e. The Morgan fingerprint density at radius 2 is 2.14 bits per heavy atom. The van der Waals surface area contributed by atoms with Gasteiger partial charge in [-0.1, -0.05) is 43.8 Å². The van der Waals surface area contributed by atoms with E-state index in [9.17, 15) is 9.59 Å². The highest BCUT2D eigenvalue weighted by Gasteiger charge is 2.28. The number of hydrogen-bond donors (Lipinski definition) is 0. The van der Waals surface area contributed by atoms with Crippen LogP contribution in [0.5, 0.6) is 0 Å². The summed E-state index contributed by atoms with van der Waals surface area (Å²) in [6.45, 7) is 10.2. The van der Waals surface area contributed by atoms with Crippen molar-refractivity contribution in [1.29, 1.82) is 0 Å². The zero-order chi connectivity index (χ0) is 20.5. The van der Waals surface area contributed by atoms with Gasteiger partial charge in [-0.25, -0.2) is 0 Å². The third-order valence-electron chi connectivity index (χ3n) is 5.63. The van der Waals surface area contributed by atoms with Gasteiger partial charge < -0.3 is 4.90 Å². The molecule has 1 aliphatic rings. The van der Waals surface area contributed by atoms with Crippen LogP contribution < -0.4 is 5.56 Å². The smallest absolute Gasteiger partial charge is 0.263 e. The maximum absolute atomic E-state index is 12.8. The van der Waals surface area contributed by atoms with Crippen LogP contribution in [-0.2, 0) is 11.3 Å². The standard InChI is InChI=1S/C21H25N5O2S/c1-4-10-25-19(28)16-7-5-6-8-17(16)26-20(25)22-23-21(26)29-13-18(27)24-11-9-15(12-24)14(2)3/h4-8,14-15H,1,9-13H2,2-3H3. The quantitative estimate of drug-likeness (QED) is 0.461.